The van der Waals surface area contributed by atoms with Crippen molar-refractivity contribution in [2.24, 2.45) is 5.92 Å². The van der Waals surface area contributed by atoms with Crippen LogP contribution in [-0.4, -0.2) is 28.2 Å². The lowest BCUT2D eigenvalue weighted by Crippen LogP contribution is -2.24. The Hall–Kier alpha value is -2.14. The molecule has 0 aliphatic heterocycles. The van der Waals surface area contributed by atoms with Gasteiger partial charge in [0.05, 0.1) is 5.60 Å². The van der Waals surface area contributed by atoms with Gasteiger partial charge in [-0.05, 0) is 37.7 Å². The topological polar surface area (TPSA) is 70.1 Å². The first-order chi connectivity index (χ1) is 11.1. The zero-order valence-corrected chi connectivity index (χ0v) is 13.5. The third-order valence-corrected chi connectivity index (χ3v) is 4.25. The van der Waals surface area contributed by atoms with Crippen molar-refractivity contribution < 1.29 is 5.11 Å². The van der Waals surface area contributed by atoms with E-state index in [9.17, 15) is 5.11 Å². The van der Waals surface area contributed by atoms with E-state index in [0.717, 1.165) is 29.7 Å². The molecule has 0 bridgehead atoms. The molecule has 1 aromatic heterocycles. The summed E-state index contributed by atoms with van der Waals surface area (Å²) in [7, 11) is 0. The van der Waals surface area contributed by atoms with E-state index in [2.05, 4.69) is 20.6 Å². The molecule has 2 aromatic rings. The summed E-state index contributed by atoms with van der Waals surface area (Å²) in [6.45, 7) is 3.47. The molecule has 1 unspecified atom stereocenters. The van der Waals surface area contributed by atoms with Crippen molar-refractivity contribution in [3.63, 3.8) is 0 Å². The zero-order valence-electron chi connectivity index (χ0n) is 13.5. The summed E-state index contributed by atoms with van der Waals surface area (Å²) in [4.78, 5) is 8.46. The monoisotopic (exact) mass is 312 g/mol. The van der Waals surface area contributed by atoms with Crippen molar-refractivity contribution in [3.05, 3.63) is 48.3 Å². The van der Waals surface area contributed by atoms with Crippen LogP contribution in [0.5, 0.6) is 0 Å². The highest BCUT2D eigenvalue weighted by Crippen LogP contribution is 2.29. The fourth-order valence-electron chi connectivity index (χ4n) is 2.50. The number of nitrogens with one attached hydrogen (secondary N) is 2. The lowest BCUT2D eigenvalue weighted by molar-refractivity contribution is 0.0515. The Balaban J connectivity index is 1.50. The standard InChI is InChI=1S/C18H24N4O/c1-18(23,15-5-3-2-4-6-15)9-10-19-16-11-17(22-13-21-16)20-12-14-7-8-14/h2-6,11,13-14,23H,7-10,12H2,1H3,(H2,19,20,21,22). The van der Waals surface area contributed by atoms with E-state index in [4.69, 9.17) is 0 Å². The minimum atomic E-state index is -0.853. The Morgan fingerprint density at radius 2 is 1.83 bits per heavy atom. The van der Waals surface area contributed by atoms with Gasteiger partial charge in [0.15, 0.2) is 0 Å². The van der Waals surface area contributed by atoms with Gasteiger partial charge in [-0.15, -0.1) is 0 Å². The summed E-state index contributed by atoms with van der Waals surface area (Å²) >= 11 is 0. The van der Waals surface area contributed by atoms with E-state index < -0.39 is 5.60 Å². The summed E-state index contributed by atoms with van der Waals surface area (Å²) in [5.74, 6) is 2.44. The third kappa shape index (κ3) is 4.66. The van der Waals surface area contributed by atoms with Gasteiger partial charge in [0.25, 0.3) is 0 Å². The minimum absolute atomic E-state index is 0.603. The number of rotatable bonds is 8. The van der Waals surface area contributed by atoms with E-state index in [1.54, 1.807) is 6.33 Å². The van der Waals surface area contributed by atoms with Crippen molar-refractivity contribution in [1.82, 2.24) is 9.97 Å². The van der Waals surface area contributed by atoms with Crippen molar-refractivity contribution in [1.29, 1.82) is 0 Å². The summed E-state index contributed by atoms with van der Waals surface area (Å²) in [5.41, 5.74) is 0.0743. The van der Waals surface area contributed by atoms with Crippen LogP contribution < -0.4 is 10.6 Å². The van der Waals surface area contributed by atoms with Gasteiger partial charge >= 0.3 is 0 Å². The lowest BCUT2D eigenvalue weighted by Gasteiger charge is -2.24. The molecule has 1 aliphatic carbocycles. The summed E-state index contributed by atoms with van der Waals surface area (Å²) < 4.78 is 0. The van der Waals surface area contributed by atoms with Crippen LogP contribution in [0.2, 0.25) is 0 Å². The number of aromatic nitrogens is 2. The second-order valence-electron chi connectivity index (χ2n) is 6.43. The molecule has 1 aliphatic rings. The van der Waals surface area contributed by atoms with Crippen molar-refractivity contribution >= 4 is 11.6 Å². The zero-order chi connectivity index (χ0) is 16.1. The number of anilines is 2. The first-order valence-electron chi connectivity index (χ1n) is 8.21. The average Bonchev–Trinajstić information content (AvgIpc) is 3.38. The van der Waals surface area contributed by atoms with Crippen LogP contribution in [0.3, 0.4) is 0 Å². The molecule has 0 radical (unpaired) electrons. The van der Waals surface area contributed by atoms with Gasteiger partial charge in [-0.25, -0.2) is 9.97 Å². The molecular weight excluding hydrogens is 288 g/mol. The van der Waals surface area contributed by atoms with Crippen molar-refractivity contribution in [3.8, 4) is 0 Å². The molecule has 3 N–H and O–H groups in total. The molecule has 5 nitrogen and oxygen atoms in total. The molecule has 3 rings (SSSR count). The van der Waals surface area contributed by atoms with E-state index in [-0.39, 0.29) is 0 Å². The molecule has 1 atom stereocenters. The van der Waals surface area contributed by atoms with E-state index in [1.165, 1.54) is 12.8 Å². The second kappa shape index (κ2) is 6.96. The van der Waals surface area contributed by atoms with Crippen LogP contribution in [-0.2, 0) is 5.60 Å². The van der Waals surface area contributed by atoms with Gasteiger partial charge in [0, 0.05) is 19.2 Å². The van der Waals surface area contributed by atoms with E-state index in [1.807, 2.05) is 43.3 Å². The van der Waals surface area contributed by atoms with Gasteiger partial charge in [0.1, 0.15) is 18.0 Å². The van der Waals surface area contributed by atoms with Gasteiger partial charge < -0.3 is 15.7 Å². The average molecular weight is 312 g/mol. The van der Waals surface area contributed by atoms with Crippen LogP contribution in [0.15, 0.2) is 42.7 Å². The first kappa shape index (κ1) is 15.7. The largest absolute Gasteiger partial charge is 0.385 e. The smallest absolute Gasteiger partial charge is 0.131 e. The highest BCUT2D eigenvalue weighted by atomic mass is 16.3. The number of aliphatic hydroxyl groups is 1. The number of benzene rings is 1. The van der Waals surface area contributed by atoms with Gasteiger partial charge in [-0.3, -0.25) is 0 Å². The molecule has 23 heavy (non-hydrogen) atoms. The lowest BCUT2D eigenvalue weighted by atomic mass is 9.93. The molecule has 0 amide bonds. The number of hydrogen-bond acceptors (Lipinski definition) is 5. The van der Waals surface area contributed by atoms with Crippen LogP contribution in [0.1, 0.15) is 31.7 Å². The minimum Gasteiger partial charge on any atom is -0.385 e. The molecule has 1 fully saturated rings. The Labute approximate surface area is 137 Å². The quantitative estimate of drug-likeness (QED) is 0.699. The number of nitrogens with zero attached hydrogens (tertiary/aromatic N) is 2. The molecule has 1 aromatic carbocycles. The highest BCUT2D eigenvalue weighted by molar-refractivity contribution is 5.46. The molecule has 1 saturated carbocycles. The van der Waals surface area contributed by atoms with Crippen LogP contribution in [0.25, 0.3) is 0 Å². The summed E-state index contributed by atoms with van der Waals surface area (Å²) in [6.07, 6.45) is 4.80. The van der Waals surface area contributed by atoms with E-state index in [0.29, 0.717) is 13.0 Å². The predicted molar refractivity (Wildman–Crippen MR) is 92.4 cm³/mol. The molecular formula is C18H24N4O. The fourth-order valence-corrected chi connectivity index (χ4v) is 2.50. The molecule has 1 heterocycles. The third-order valence-electron chi connectivity index (χ3n) is 4.25. The predicted octanol–water partition coefficient (Wildman–Crippen LogP) is 3.01. The molecule has 0 spiro atoms. The van der Waals surface area contributed by atoms with Crippen molar-refractivity contribution in [2.45, 2.75) is 31.8 Å². The Bertz CT molecular complexity index is 626. The normalized spacial score (nSPS) is 16.6. The first-order valence-corrected chi connectivity index (χ1v) is 8.21. The SMILES string of the molecule is CC(O)(CCNc1cc(NCC2CC2)ncn1)c1ccccc1. The maximum Gasteiger partial charge on any atom is 0.131 e. The van der Waals surface area contributed by atoms with Gasteiger partial charge in [-0.2, -0.15) is 0 Å². The molecule has 0 saturated heterocycles. The highest BCUT2D eigenvalue weighted by Gasteiger charge is 2.22. The summed E-state index contributed by atoms with van der Waals surface area (Å²) in [5, 5.41) is 17.2. The fraction of sp³-hybridized carbons (Fsp3) is 0.444. The van der Waals surface area contributed by atoms with Gasteiger partial charge in [0.2, 0.25) is 0 Å². The maximum absolute atomic E-state index is 10.6. The Morgan fingerprint density at radius 3 is 2.52 bits per heavy atom. The molecule has 5 heteroatoms. The van der Waals surface area contributed by atoms with Crippen LogP contribution in [0.4, 0.5) is 11.6 Å². The van der Waals surface area contributed by atoms with Crippen LogP contribution >= 0.6 is 0 Å². The Kier molecular flexibility index (Phi) is 4.76. The summed E-state index contributed by atoms with van der Waals surface area (Å²) in [6, 6.07) is 11.7. The molecule has 122 valence electrons. The van der Waals surface area contributed by atoms with E-state index >= 15 is 0 Å². The second-order valence-corrected chi connectivity index (χ2v) is 6.43. The Morgan fingerprint density at radius 1 is 1.13 bits per heavy atom. The van der Waals surface area contributed by atoms with Gasteiger partial charge in [-0.1, -0.05) is 30.3 Å². The van der Waals surface area contributed by atoms with Crippen LogP contribution in [0, 0.1) is 5.92 Å². The number of hydrogen-bond donors (Lipinski definition) is 3. The maximum atomic E-state index is 10.6. The van der Waals surface area contributed by atoms with Crippen molar-refractivity contribution in [2.75, 3.05) is 23.7 Å².